The van der Waals surface area contributed by atoms with Crippen LogP contribution < -0.4 is 10.6 Å². The molecule has 0 atom stereocenters. The smallest absolute Gasteiger partial charge is 0.191 e. The molecule has 0 saturated carbocycles. The molecule has 25 heavy (non-hydrogen) atoms. The molecule has 0 aliphatic carbocycles. The van der Waals surface area contributed by atoms with Gasteiger partial charge >= 0.3 is 0 Å². The Hall–Kier alpha value is -2.03. The van der Waals surface area contributed by atoms with Crippen LogP contribution in [0.5, 0.6) is 0 Å². The number of halogens is 1. The average Bonchev–Trinajstić information content (AvgIpc) is 3.21. The molecule has 134 valence electrons. The molecule has 0 fully saturated rings. The Morgan fingerprint density at radius 2 is 2.08 bits per heavy atom. The number of aromatic nitrogens is 2. The fraction of sp³-hybridized carbons (Fsp3) is 0.333. The van der Waals surface area contributed by atoms with Crippen molar-refractivity contribution >= 4 is 40.9 Å². The maximum Gasteiger partial charge on any atom is 0.191 e. The van der Waals surface area contributed by atoms with Gasteiger partial charge in [0, 0.05) is 36.4 Å². The van der Waals surface area contributed by atoms with Crippen molar-refractivity contribution in [2.45, 2.75) is 26.9 Å². The van der Waals surface area contributed by atoms with Gasteiger partial charge in [0.25, 0.3) is 0 Å². The third-order valence-corrected chi connectivity index (χ3v) is 3.86. The Balaban J connectivity index is 0.00000225. The lowest BCUT2D eigenvalue weighted by Gasteiger charge is -2.11. The molecule has 0 radical (unpaired) electrons. The van der Waals surface area contributed by atoms with Gasteiger partial charge in [-0.1, -0.05) is 18.2 Å². The number of furan rings is 1. The van der Waals surface area contributed by atoms with Gasteiger partial charge in [-0.15, -0.1) is 24.0 Å². The van der Waals surface area contributed by atoms with Crippen LogP contribution >= 0.6 is 24.0 Å². The molecular formula is C18H24IN5O. The monoisotopic (exact) mass is 453 g/mol. The number of hydrogen-bond donors (Lipinski definition) is 2. The highest BCUT2D eigenvalue weighted by Crippen LogP contribution is 2.25. The standard InChI is InChI=1S/C18H23N5O.HI/c1-3-19-18(20-10-12-23-11-6-9-22-23)21-13-17-14(2)15-7-4-5-8-16(15)24-17;/h4-9,11H,3,10,12-13H2,1-2H3,(H2,19,20,21);1H. The molecule has 1 aromatic carbocycles. The molecule has 0 saturated heterocycles. The van der Waals surface area contributed by atoms with Gasteiger partial charge in [-0.2, -0.15) is 5.10 Å². The first-order valence-electron chi connectivity index (χ1n) is 8.24. The number of rotatable bonds is 6. The first-order valence-corrected chi connectivity index (χ1v) is 8.24. The summed E-state index contributed by atoms with van der Waals surface area (Å²) in [4.78, 5) is 4.63. The van der Waals surface area contributed by atoms with E-state index in [4.69, 9.17) is 4.42 Å². The van der Waals surface area contributed by atoms with Crippen LogP contribution in [0.3, 0.4) is 0 Å². The van der Waals surface area contributed by atoms with Gasteiger partial charge in [0.05, 0.1) is 6.54 Å². The third kappa shape index (κ3) is 4.97. The second kappa shape index (κ2) is 9.45. The predicted octanol–water partition coefficient (Wildman–Crippen LogP) is 3.31. The van der Waals surface area contributed by atoms with E-state index in [0.29, 0.717) is 6.54 Å². The highest BCUT2D eigenvalue weighted by Gasteiger charge is 2.09. The van der Waals surface area contributed by atoms with Crippen molar-refractivity contribution in [3.8, 4) is 0 Å². The largest absolute Gasteiger partial charge is 0.459 e. The van der Waals surface area contributed by atoms with Crippen LogP contribution in [0.15, 0.2) is 52.1 Å². The number of para-hydroxylation sites is 1. The molecular weight excluding hydrogens is 429 g/mol. The molecule has 0 bridgehead atoms. The highest BCUT2D eigenvalue weighted by molar-refractivity contribution is 14.0. The molecule has 6 nitrogen and oxygen atoms in total. The number of guanidine groups is 1. The van der Waals surface area contributed by atoms with Crippen LogP contribution in [0, 0.1) is 6.92 Å². The van der Waals surface area contributed by atoms with Crippen LogP contribution in [0.1, 0.15) is 18.2 Å². The number of fused-ring (bicyclic) bond motifs is 1. The van der Waals surface area contributed by atoms with E-state index in [0.717, 1.165) is 47.9 Å². The van der Waals surface area contributed by atoms with Crippen molar-refractivity contribution in [3.63, 3.8) is 0 Å². The third-order valence-electron chi connectivity index (χ3n) is 3.86. The van der Waals surface area contributed by atoms with Crippen molar-refractivity contribution in [1.29, 1.82) is 0 Å². The number of nitrogens with zero attached hydrogens (tertiary/aromatic N) is 3. The van der Waals surface area contributed by atoms with Crippen molar-refractivity contribution in [2.24, 2.45) is 4.99 Å². The normalized spacial score (nSPS) is 11.4. The highest BCUT2D eigenvalue weighted by atomic mass is 127. The lowest BCUT2D eigenvalue weighted by molar-refractivity contribution is 0.547. The van der Waals surface area contributed by atoms with Crippen molar-refractivity contribution < 1.29 is 4.42 Å². The van der Waals surface area contributed by atoms with Crippen LogP contribution in [0.25, 0.3) is 11.0 Å². The fourth-order valence-electron chi connectivity index (χ4n) is 2.59. The molecule has 0 aliphatic rings. The van der Waals surface area contributed by atoms with Gasteiger partial charge < -0.3 is 15.1 Å². The molecule has 0 unspecified atom stereocenters. The second-order valence-electron chi connectivity index (χ2n) is 5.54. The van der Waals surface area contributed by atoms with Gasteiger partial charge in [0.1, 0.15) is 17.9 Å². The Labute approximate surface area is 164 Å². The molecule has 0 aliphatic heterocycles. The van der Waals surface area contributed by atoms with Gasteiger partial charge in [0.15, 0.2) is 5.96 Å². The molecule has 2 heterocycles. The van der Waals surface area contributed by atoms with Crippen LogP contribution in [0.4, 0.5) is 0 Å². The molecule has 0 amide bonds. The Morgan fingerprint density at radius 1 is 1.24 bits per heavy atom. The topological polar surface area (TPSA) is 67.4 Å². The van der Waals surface area contributed by atoms with Gasteiger partial charge in [-0.3, -0.25) is 4.68 Å². The van der Waals surface area contributed by atoms with Gasteiger partial charge in [0.2, 0.25) is 0 Å². The minimum atomic E-state index is 0. The summed E-state index contributed by atoms with van der Waals surface area (Å²) in [6.07, 6.45) is 3.73. The van der Waals surface area contributed by atoms with Crippen molar-refractivity contribution in [3.05, 3.63) is 54.0 Å². The predicted molar refractivity (Wildman–Crippen MR) is 111 cm³/mol. The van der Waals surface area contributed by atoms with Crippen molar-refractivity contribution in [1.82, 2.24) is 20.4 Å². The zero-order valence-corrected chi connectivity index (χ0v) is 16.9. The van der Waals surface area contributed by atoms with E-state index >= 15 is 0 Å². The van der Waals surface area contributed by atoms with E-state index in [9.17, 15) is 0 Å². The summed E-state index contributed by atoms with van der Waals surface area (Å²) in [6.45, 7) is 7.00. The summed E-state index contributed by atoms with van der Waals surface area (Å²) in [7, 11) is 0. The minimum Gasteiger partial charge on any atom is -0.459 e. The molecule has 0 spiro atoms. The maximum atomic E-state index is 5.91. The first-order chi connectivity index (χ1) is 11.8. The van der Waals surface area contributed by atoms with E-state index < -0.39 is 0 Å². The number of hydrogen-bond acceptors (Lipinski definition) is 3. The van der Waals surface area contributed by atoms with Crippen molar-refractivity contribution in [2.75, 3.05) is 13.1 Å². The Kier molecular flexibility index (Phi) is 7.30. The van der Waals surface area contributed by atoms with E-state index in [1.165, 1.54) is 0 Å². The fourth-order valence-corrected chi connectivity index (χ4v) is 2.59. The lowest BCUT2D eigenvalue weighted by Crippen LogP contribution is -2.38. The molecule has 3 rings (SSSR count). The summed E-state index contributed by atoms with van der Waals surface area (Å²) in [5.41, 5.74) is 2.07. The first kappa shape index (κ1) is 19.3. The number of aryl methyl sites for hydroxylation is 1. The molecule has 2 N–H and O–H groups in total. The molecule has 7 heteroatoms. The van der Waals surface area contributed by atoms with Crippen LogP contribution in [0.2, 0.25) is 0 Å². The zero-order valence-electron chi connectivity index (χ0n) is 14.5. The number of nitrogens with one attached hydrogen (secondary N) is 2. The lowest BCUT2D eigenvalue weighted by atomic mass is 10.1. The van der Waals surface area contributed by atoms with E-state index in [1.54, 1.807) is 6.20 Å². The van der Waals surface area contributed by atoms with E-state index in [2.05, 4.69) is 40.6 Å². The van der Waals surface area contributed by atoms with Gasteiger partial charge in [-0.25, -0.2) is 4.99 Å². The maximum absolute atomic E-state index is 5.91. The number of aliphatic imine (C=N–C) groups is 1. The number of benzene rings is 1. The minimum absolute atomic E-state index is 0. The molecule has 2 aromatic heterocycles. The van der Waals surface area contributed by atoms with Crippen LogP contribution in [-0.4, -0.2) is 28.8 Å². The van der Waals surface area contributed by atoms with Gasteiger partial charge in [-0.05, 0) is 26.0 Å². The summed E-state index contributed by atoms with van der Waals surface area (Å²) in [5, 5.41) is 11.9. The Bertz CT molecular complexity index is 810. The quantitative estimate of drug-likeness (QED) is 0.342. The summed E-state index contributed by atoms with van der Waals surface area (Å²) in [5.74, 6) is 1.69. The molecule has 3 aromatic rings. The summed E-state index contributed by atoms with van der Waals surface area (Å²) >= 11 is 0. The summed E-state index contributed by atoms with van der Waals surface area (Å²) in [6, 6.07) is 10.00. The SMILES string of the molecule is CCNC(=NCc1oc2ccccc2c1C)NCCn1cccn1.I. The average molecular weight is 453 g/mol. The van der Waals surface area contributed by atoms with E-state index in [1.807, 2.05) is 35.1 Å². The second-order valence-corrected chi connectivity index (χ2v) is 5.54. The van der Waals surface area contributed by atoms with E-state index in [-0.39, 0.29) is 24.0 Å². The van der Waals surface area contributed by atoms with Crippen LogP contribution in [-0.2, 0) is 13.1 Å². The zero-order chi connectivity index (χ0) is 16.8. The Morgan fingerprint density at radius 3 is 2.80 bits per heavy atom. The summed E-state index contributed by atoms with van der Waals surface area (Å²) < 4.78 is 7.80.